The highest BCUT2D eigenvalue weighted by atomic mass is 16.5. The van der Waals surface area contributed by atoms with Gasteiger partial charge in [0.15, 0.2) is 5.96 Å². The molecule has 1 atom stereocenters. The first-order chi connectivity index (χ1) is 10.2. The molecule has 3 rings (SSSR count). The molecule has 1 aromatic carbocycles. The Hall–Kier alpha value is -1.75. The van der Waals surface area contributed by atoms with Crippen molar-refractivity contribution in [2.75, 3.05) is 51.3 Å². The van der Waals surface area contributed by atoms with E-state index in [9.17, 15) is 0 Å². The minimum atomic E-state index is 0.532. The van der Waals surface area contributed by atoms with Crippen LogP contribution in [0.1, 0.15) is 5.56 Å². The number of benzene rings is 1. The summed E-state index contributed by atoms with van der Waals surface area (Å²) in [5.41, 5.74) is 8.86. The Bertz CT molecular complexity index is 511. The maximum Gasteiger partial charge on any atom is 0.191 e. The first kappa shape index (κ1) is 14.2. The van der Waals surface area contributed by atoms with Gasteiger partial charge in [0.25, 0.3) is 0 Å². The van der Waals surface area contributed by atoms with E-state index in [1.54, 1.807) is 0 Å². The van der Waals surface area contributed by atoms with Crippen molar-refractivity contribution in [1.29, 1.82) is 0 Å². The van der Waals surface area contributed by atoms with Crippen LogP contribution in [0.5, 0.6) is 0 Å². The van der Waals surface area contributed by atoms with Gasteiger partial charge in [-0.25, -0.2) is 0 Å². The number of guanidine groups is 1. The van der Waals surface area contributed by atoms with Gasteiger partial charge in [-0.05, 0) is 18.1 Å². The number of nitrogens with two attached hydrogens (primary N) is 1. The van der Waals surface area contributed by atoms with Gasteiger partial charge in [0, 0.05) is 44.8 Å². The average Bonchev–Trinajstić information content (AvgIpc) is 2.53. The number of nitrogens with zero attached hydrogens (tertiary/aromatic N) is 3. The van der Waals surface area contributed by atoms with E-state index in [0.29, 0.717) is 11.9 Å². The zero-order chi connectivity index (χ0) is 14.7. The highest BCUT2D eigenvalue weighted by molar-refractivity contribution is 5.78. The molecule has 0 bridgehead atoms. The van der Waals surface area contributed by atoms with Gasteiger partial charge < -0.3 is 20.3 Å². The predicted octanol–water partition coefficient (Wildman–Crippen LogP) is 0.942. The standard InChI is InChI=1S/C16H24N4O/c1-19-12-13(10-14-4-2-3-5-15(14)19)11-18-16(17)20-6-8-21-9-7-20/h2-5,13H,6-12H2,1H3,(H2,17,18). The summed E-state index contributed by atoms with van der Waals surface area (Å²) in [5.74, 6) is 1.20. The van der Waals surface area contributed by atoms with Gasteiger partial charge in [0.1, 0.15) is 0 Å². The summed E-state index contributed by atoms with van der Waals surface area (Å²) in [7, 11) is 2.15. The van der Waals surface area contributed by atoms with Gasteiger partial charge in [0.05, 0.1) is 13.2 Å². The van der Waals surface area contributed by atoms with E-state index in [-0.39, 0.29) is 0 Å². The van der Waals surface area contributed by atoms with Crippen molar-refractivity contribution in [1.82, 2.24) is 4.90 Å². The van der Waals surface area contributed by atoms with Crippen molar-refractivity contribution in [2.45, 2.75) is 6.42 Å². The first-order valence-electron chi connectivity index (χ1n) is 7.65. The second kappa shape index (κ2) is 6.35. The summed E-state index contributed by atoms with van der Waals surface area (Å²) < 4.78 is 5.34. The Morgan fingerprint density at radius 1 is 1.33 bits per heavy atom. The van der Waals surface area contributed by atoms with Crippen LogP contribution in [-0.4, -0.2) is 57.3 Å². The van der Waals surface area contributed by atoms with E-state index in [2.05, 4.69) is 46.1 Å². The SMILES string of the molecule is CN1CC(CN=C(N)N2CCOCC2)Cc2ccccc21. The molecule has 0 radical (unpaired) electrons. The van der Waals surface area contributed by atoms with E-state index in [0.717, 1.165) is 45.8 Å². The summed E-state index contributed by atoms with van der Waals surface area (Å²) in [6.07, 6.45) is 1.08. The lowest BCUT2D eigenvalue weighted by Crippen LogP contribution is -2.45. The normalized spacial score (nSPS) is 23.1. The van der Waals surface area contributed by atoms with Crippen LogP contribution in [0.15, 0.2) is 29.3 Å². The zero-order valence-corrected chi connectivity index (χ0v) is 12.7. The topological polar surface area (TPSA) is 54.1 Å². The Morgan fingerprint density at radius 2 is 2.10 bits per heavy atom. The number of ether oxygens (including phenoxy) is 1. The van der Waals surface area contributed by atoms with Crippen LogP contribution in [0, 0.1) is 5.92 Å². The molecular weight excluding hydrogens is 264 g/mol. The number of hydrogen-bond donors (Lipinski definition) is 1. The molecule has 1 aromatic rings. The third-order valence-corrected chi connectivity index (χ3v) is 4.29. The second-order valence-corrected chi connectivity index (χ2v) is 5.88. The van der Waals surface area contributed by atoms with Gasteiger partial charge in [-0.15, -0.1) is 0 Å². The molecule has 0 aromatic heterocycles. The Kier molecular flexibility index (Phi) is 4.29. The fourth-order valence-electron chi connectivity index (χ4n) is 3.15. The van der Waals surface area contributed by atoms with E-state index < -0.39 is 0 Å². The smallest absolute Gasteiger partial charge is 0.191 e. The fraction of sp³-hybridized carbons (Fsp3) is 0.562. The molecule has 2 aliphatic heterocycles. The number of anilines is 1. The van der Waals surface area contributed by atoms with E-state index in [4.69, 9.17) is 10.5 Å². The lowest BCUT2D eigenvalue weighted by atomic mass is 9.93. The maximum atomic E-state index is 6.10. The molecule has 2 N–H and O–H groups in total. The van der Waals surface area contributed by atoms with Crippen LogP contribution in [0.2, 0.25) is 0 Å². The van der Waals surface area contributed by atoms with Crippen LogP contribution >= 0.6 is 0 Å². The second-order valence-electron chi connectivity index (χ2n) is 5.88. The predicted molar refractivity (Wildman–Crippen MR) is 85.8 cm³/mol. The molecule has 114 valence electrons. The molecule has 0 aliphatic carbocycles. The van der Waals surface area contributed by atoms with Crippen molar-refractivity contribution in [3.05, 3.63) is 29.8 Å². The molecule has 1 fully saturated rings. The van der Waals surface area contributed by atoms with Crippen LogP contribution < -0.4 is 10.6 Å². The molecule has 2 aliphatic rings. The van der Waals surface area contributed by atoms with Crippen LogP contribution in [-0.2, 0) is 11.2 Å². The number of fused-ring (bicyclic) bond motifs is 1. The lowest BCUT2D eigenvalue weighted by molar-refractivity contribution is 0.0674. The maximum absolute atomic E-state index is 6.10. The third-order valence-electron chi connectivity index (χ3n) is 4.29. The minimum absolute atomic E-state index is 0.532. The highest BCUT2D eigenvalue weighted by Crippen LogP contribution is 2.28. The Morgan fingerprint density at radius 3 is 2.90 bits per heavy atom. The number of hydrogen-bond acceptors (Lipinski definition) is 3. The molecule has 0 saturated carbocycles. The van der Waals surface area contributed by atoms with Crippen molar-refractivity contribution >= 4 is 11.6 Å². The molecule has 0 spiro atoms. The Labute approximate surface area is 126 Å². The summed E-state index contributed by atoms with van der Waals surface area (Å²) in [6, 6.07) is 8.62. The van der Waals surface area contributed by atoms with Crippen molar-refractivity contribution in [3.63, 3.8) is 0 Å². The number of para-hydroxylation sites is 1. The quantitative estimate of drug-likeness (QED) is 0.650. The van der Waals surface area contributed by atoms with E-state index >= 15 is 0 Å². The van der Waals surface area contributed by atoms with Crippen LogP contribution in [0.3, 0.4) is 0 Å². The van der Waals surface area contributed by atoms with Gasteiger partial charge in [-0.3, -0.25) is 4.99 Å². The minimum Gasteiger partial charge on any atom is -0.378 e. The molecule has 5 heteroatoms. The lowest BCUT2D eigenvalue weighted by Gasteiger charge is -2.33. The summed E-state index contributed by atoms with van der Waals surface area (Å²) in [4.78, 5) is 9.06. The largest absolute Gasteiger partial charge is 0.378 e. The molecule has 2 heterocycles. The van der Waals surface area contributed by atoms with Crippen molar-refractivity contribution in [3.8, 4) is 0 Å². The summed E-state index contributed by atoms with van der Waals surface area (Å²) in [6.45, 7) is 5.02. The highest BCUT2D eigenvalue weighted by Gasteiger charge is 2.22. The van der Waals surface area contributed by atoms with Gasteiger partial charge in [-0.2, -0.15) is 0 Å². The van der Waals surface area contributed by atoms with Gasteiger partial charge in [0.2, 0.25) is 0 Å². The number of morpholine rings is 1. The molecular formula is C16H24N4O. The summed E-state index contributed by atoms with van der Waals surface area (Å²) in [5, 5.41) is 0. The van der Waals surface area contributed by atoms with Crippen LogP contribution in [0.25, 0.3) is 0 Å². The monoisotopic (exact) mass is 288 g/mol. The van der Waals surface area contributed by atoms with E-state index in [1.165, 1.54) is 11.3 Å². The number of rotatable bonds is 2. The molecule has 5 nitrogen and oxygen atoms in total. The molecule has 1 saturated heterocycles. The molecule has 21 heavy (non-hydrogen) atoms. The van der Waals surface area contributed by atoms with E-state index in [1.807, 2.05) is 0 Å². The van der Waals surface area contributed by atoms with Crippen molar-refractivity contribution < 1.29 is 4.74 Å². The van der Waals surface area contributed by atoms with Crippen LogP contribution in [0.4, 0.5) is 5.69 Å². The first-order valence-corrected chi connectivity index (χ1v) is 7.65. The fourth-order valence-corrected chi connectivity index (χ4v) is 3.15. The number of aliphatic imine (C=N–C) groups is 1. The van der Waals surface area contributed by atoms with Gasteiger partial charge >= 0.3 is 0 Å². The van der Waals surface area contributed by atoms with Crippen molar-refractivity contribution in [2.24, 2.45) is 16.6 Å². The summed E-state index contributed by atoms with van der Waals surface area (Å²) >= 11 is 0. The molecule has 0 amide bonds. The average molecular weight is 288 g/mol. The molecule has 1 unspecified atom stereocenters. The van der Waals surface area contributed by atoms with Gasteiger partial charge in [-0.1, -0.05) is 18.2 Å². The third kappa shape index (κ3) is 3.29. The Balaban J connectivity index is 1.61. The zero-order valence-electron chi connectivity index (χ0n) is 12.7.